The molecule has 112 valence electrons. The van der Waals surface area contributed by atoms with Crippen LogP contribution >= 0.6 is 59.0 Å². The van der Waals surface area contributed by atoms with Gasteiger partial charge in [-0.25, -0.2) is 0 Å². The molecule has 0 radical (unpaired) electrons. The van der Waals surface area contributed by atoms with Crippen LogP contribution in [-0.4, -0.2) is 9.00 Å². The number of hydrogen-bond acceptors (Lipinski definition) is 1. The summed E-state index contributed by atoms with van der Waals surface area (Å²) in [4.78, 5) is 0. The van der Waals surface area contributed by atoms with Crippen LogP contribution in [-0.2, 0) is 0 Å². The Morgan fingerprint density at radius 3 is 1.22 bits per heavy atom. The molecular formula is C13H26Cl4S. The third-order valence-corrected chi connectivity index (χ3v) is 2.83. The van der Waals surface area contributed by atoms with Gasteiger partial charge in [-0.3, -0.25) is 0 Å². The van der Waals surface area contributed by atoms with Crippen LogP contribution < -0.4 is 0 Å². The minimum absolute atomic E-state index is 1.07. The molecule has 0 aliphatic rings. The molecule has 0 aromatic rings. The Morgan fingerprint density at radius 1 is 0.667 bits per heavy atom. The van der Waals surface area contributed by atoms with Gasteiger partial charge in [0.15, 0.2) is 0 Å². The van der Waals surface area contributed by atoms with Gasteiger partial charge in [-0.2, -0.15) is 12.6 Å². The van der Waals surface area contributed by atoms with Crippen molar-refractivity contribution in [1.82, 2.24) is 0 Å². The second-order valence-electron chi connectivity index (χ2n) is 4.33. The van der Waals surface area contributed by atoms with E-state index in [9.17, 15) is 0 Å². The number of halogens is 4. The van der Waals surface area contributed by atoms with Crippen LogP contribution in [0.25, 0.3) is 0 Å². The third-order valence-electron chi connectivity index (χ3n) is 2.51. The van der Waals surface area contributed by atoms with Crippen molar-refractivity contribution in [3.8, 4) is 0 Å². The van der Waals surface area contributed by atoms with Crippen molar-refractivity contribution in [3.63, 3.8) is 0 Å². The number of rotatable bonds is 10. The second-order valence-corrected chi connectivity index (χ2v) is 8.21. The summed E-state index contributed by atoms with van der Waals surface area (Å²) in [7, 11) is 0. The van der Waals surface area contributed by atoms with Gasteiger partial charge in [0, 0.05) is 0 Å². The highest BCUT2D eigenvalue weighted by Crippen LogP contribution is 2.29. The first-order valence-corrected chi connectivity index (χ1v) is 8.92. The van der Waals surface area contributed by atoms with E-state index in [1.165, 1.54) is 64.2 Å². The van der Waals surface area contributed by atoms with Gasteiger partial charge in [0.2, 0.25) is 0 Å². The summed E-state index contributed by atoms with van der Waals surface area (Å²) in [6.45, 7) is 2.28. The molecule has 0 aromatic heterocycles. The number of thiol groups is 1. The number of hydrogen-bond donors (Lipinski definition) is 1. The lowest BCUT2D eigenvalue weighted by atomic mass is 10.1. The summed E-state index contributed by atoms with van der Waals surface area (Å²) in [5.41, 5.74) is 0. The predicted octanol–water partition coefficient (Wildman–Crippen LogP) is 7.39. The van der Waals surface area contributed by atoms with E-state index in [0.717, 1.165) is 5.75 Å². The average Bonchev–Trinajstić information content (AvgIpc) is 2.25. The molecule has 5 heteroatoms. The van der Waals surface area contributed by atoms with Crippen molar-refractivity contribution in [2.24, 2.45) is 0 Å². The first-order chi connectivity index (χ1) is 8.41. The van der Waals surface area contributed by atoms with Crippen LogP contribution in [0.15, 0.2) is 0 Å². The SMILES string of the molecule is CCCCCCCCCCCCS.ClC(Cl)(Cl)Cl. The summed E-state index contributed by atoms with van der Waals surface area (Å²) in [6, 6.07) is 0. The van der Waals surface area contributed by atoms with E-state index in [2.05, 4.69) is 19.6 Å². The summed E-state index contributed by atoms with van der Waals surface area (Å²) in [6.07, 6.45) is 14.2. The van der Waals surface area contributed by atoms with Crippen molar-refractivity contribution >= 4 is 59.0 Å². The smallest absolute Gasteiger partial charge is 0.179 e. The Balaban J connectivity index is 0. The van der Waals surface area contributed by atoms with Gasteiger partial charge in [0.05, 0.1) is 0 Å². The molecule has 0 heterocycles. The van der Waals surface area contributed by atoms with Crippen LogP contribution in [0.2, 0.25) is 0 Å². The molecular weight excluding hydrogens is 330 g/mol. The predicted molar refractivity (Wildman–Crippen MR) is 91.8 cm³/mol. The standard InChI is InChI=1S/C12H26S.CCl4/c1-2-3-4-5-6-7-8-9-10-11-12-13;2-1(3,4)5/h13H,2-12H2,1H3;. The van der Waals surface area contributed by atoms with Gasteiger partial charge in [-0.15, -0.1) is 0 Å². The first-order valence-electron chi connectivity index (χ1n) is 6.78. The Kier molecular flexibility index (Phi) is 20.1. The van der Waals surface area contributed by atoms with Crippen LogP contribution in [0.3, 0.4) is 0 Å². The first kappa shape index (κ1) is 21.8. The maximum atomic E-state index is 4.83. The van der Waals surface area contributed by atoms with Gasteiger partial charge < -0.3 is 0 Å². The maximum absolute atomic E-state index is 4.83. The highest BCUT2D eigenvalue weighted by Gasteiger charge is 2.11. The van der Waals surface area contributed by atoms with Gasteiger partial charge in [-0.05, 0) is 12.2 Å². The van der Waals surface area contributed by atoms with E-state index in [1.54, 1.807) is 0 Å². The molecule has 0 saturated heterocycles. The fourth-order valence-corrected chi connectivity index (χ4v) is 1.82. The number of unbranched alkanes of at least 4 members (excludes halogenated alkanes) is 9. The Morgan fingerprint density at radius 2 is 0.944 bits per heavy atom. The molecule has 0 atom stereocenters. The van der Waals surface area contributed by atoms with Crippen molar-refractivity contribution in [2.75, 3.05) is 5.75 Å². The minimum atomic E-state index is -1.61. The summed E-state index contributed by atoms with van der Waals surface area (Å²) in [5.74, 6) is 1.07. The largest absolute Gasteiger partial charge is 0.266 e. The van der Waals surface area contributed by atoms with Crippen molar-refractivity contribution in [3.05, 3.63) is 0 Å². The van der Waals surface area contributed by atoms with Gasteiger partial charge in [-0.1, -0.05) is 111 Å². The van der Waals surface area contributed by atoms with E-state index in [4.69, 9.17) is 46.4 Å². The molecule has 0 rings (SSSR count). The molecule has 18 heavy (non-hydrogen) atoms. The zero-order valence-electron chi connectivity index (χ0n) is 11.2. The van der Waals surface area contributed by atoms with E-state index >= 15 is 0 Å². The third kappa shape index (κ3) is 36.0. The van der Waals surface area contributed by atoms with E-state index in [0.29, 0.717) is 0 Å². The van der Waals surface area contributed by atoms with Crippen molar-refractivity contribution in [2.45, 2.75) is 74.4 Å². The molecule has 0 nitrogen and oxygen atoms in total. The van der Waals surface area contributed by atoms with Crippen LogP contribution in [0.4, 0.5) is 0 Å². The Hall–Kier alpha value is 1.51. The van der Waals surface area contributed by atoms with E-state index in [1.807, 2.05) is 0 Å². The molecule has 0 fully saturated rings. The van der Waals surface area contributed by atoms with Gasteiger partial charge in [0.25, 0.3) is 3.25 Å². The molecule has 0 unspecified atom stereocenters. The topological polar surface area (TPSA) is 0 Å². The average molecular weight is 356 g/mol. The lowest BCUT2D eigenvalue weighted by Crippen LogP contribution is -1.81. The maximum Gasteiger partial charge on any atom is 0.266 e. The van der Waals surface area contributed by atoms with Gasteiger partial charge in [0.1, 0.15) is 0 Å². The summed E-state index contributed by atoms with van der Waals surface area (Å²) >= 11 is 23.5. The van der Waals surface area contributed by atoms with Crippen molar-refractivity contribution < 1.29 is 0 Å². The fourth-order valence-electron chi connectivity index (χ4n) is 1.60. The zero-order chi connectivity index (χ0) is 14.3. The lowest BCUT2D eigenvalue weighted by molar-refractivity contribution is 0.563. The highest BCUT2D eigenvalue weighted by molar-refractivity contribution is 7.80. The molecule has 0 aromatic carbocycles. The van der Waals surface area contributed by atoms with Crippen LogP contribution in [0.1, 0.15) is 71.1 Å². The van der Waals surface area contributed by atoms with Crippen LogP contribution in [0, 0.1) is 0 Å². The molecule has 0 amide bonds. The van der Waals surface area contributed by atoms with E-state index < -0.39 is 3.25 Å². The highest BCUT2D eigenvalue weighted by atomic mass is 35.6. The molecule has 0 aliphatic carbocycles. The molecule has 0 N–H and O–H groups in total. The molecule has 0 bridgehead atoms. The van der Waals surface area contributed by atoms with E-state index in [-0.39, 0.29) is 0 Å². The lowest BCUT2D eigenvalue weighted by Gasteiger charge is -2.00. The number of alkyl halides is 4. The normalized spacial score (nSPS) is 11.0. The second kappa shape index (κ2) is 16.6. The van der Waals surface area contributed by atoms with Gasteiger partial charge >= 0.3 is 0 Å². The minimum Gasteiger partial charge on any atom is -0.179 e. The molecule has 0 aliphatic heterocycles. The van der Waals surface area contributed by atoms with Crippen LogP contribution in [0.5, 0.6) is 0 Å². The zero-order valence-corrected chi connectivity index (χ0v) is 15.2. The summed E-state index contributed by atoms with van der Waals surface area (Å²) in [5, 5.41) is 0. The molecule has 0 spiro atoms. The van der Waals surface area contributed by atoms with Crippen molar-refractivity contribution in [1.29, 1.82) is 0 Å². The summed E-state index contributed by atoms with van der Waals surface area (Å²) < 4.78 is -1.61. The quantitative estimate of drug-likeness (QED) is 0.235. The Labute approximate surface area is 138 Å². The Bertz CT molecular complexity index is 132. The fraction of sp³-hybridized carbons (Fsp3) is 1.00. The monoisotopic (exact) mass is 354 g/mol. The molecule has 0 saturated carbocycles.